The molecule has 0 amide bonds. The molecule has 0 spiro atoms. The molecule has 62 valence electrons. The zero-order valence-corrected chi connectivity index (χ0v) is 6.58. The topological polar surface area (TPSA) is 30.8 Å². The van der Waals surface area contributed by atoms with Crippen LogP contribution in [0.4, 0.5) is 0 Å². The highest BCUT2D eigenvalue weighted by molar-refractivity contribution is 5.78. The van der Waals surface area contributed by atoms with Gasteiger partial charge in [-0.15, -0.1) is 0 Å². The van der Waals surface area contributed by atoms with Crippen LogP contribution in [0.3, 0.4) is 0 Å². The van der Waals surface area contributed by atoms with E-state index in [0.29, 0.717) is 12.7 Å². The van der Waals surface area contributed by atoms with E-state index in [0.717, 1.165) is 5.90 Å². The summed E-state index contributed by atoms with van der Waals surface area (Å²) < 4.78 is 5.22. The van der Waals surface area contributed by atoms with Gasteiger partial charge in [0.1, 0.15) is 0 Å². The third-order valence-electron chi connectivity index (χ3n) is 2.37. The number of rotatable bonds is 1. The minimum absolute atomic E-state index is 0.325. The lowest BCUT2D eigenvalue weighted by atomic mass is 9.89. The summed E-state index contributed by atoms with van der Waals surface area (Å²) in [6.07, 6.45) is 6.44. The van der Waals surface area contributed by atoms with Gasteiger partial charge in [0.25, 0.3) is 6.79 Å². The third kappa shape index (κ3) is 1.47. The van der Waals surface area contributed by atoms with Gasteiger partial charge in [-0.3, -0.25) is 0 Å². The van der Waals surface area contributed by atoms with Gasteiger partial charge in [-0.2, -0.15) is 0 Å². The lowest BCUT2D eigenvalue weighted by Gasteiger charge is -2.19. The molecule has 0 aromatic heterocycles. The summed E-state index contributed by atoms with van der Waals surface area (Å²) in [5, 5.41) is 3.85. The molecule has 3 nitrogen and oxygen atoms in total. The van der Waals surface area contributed by atoms with Gasteiger partial charge in [0.2, 0.25) is 5.90 Å². The maximum absolute atomic E-state index is 5.22. The molecule has 3 heteroatoms. The Hall–Kier alpha value is -0.730. The molecular formula is C8H13NO2. The van der Waals surface area contributed by atoms with Gasteiger partial charge in [0.15, 0.2) is 0 Å². The van der Waals surface area contributed by atoms with Crippen molar-refractivity contribution in [1.29, 1.82) is 0 Å². The smallest absolute Gasteiger partial charge is 0.257 e. The van der Waals surface area contributed by atoms with E-state index >= 15 is 0 Å². The van der Waals surface area contributed by atoms with Crippen molar-refractivity contribution in [1.82, 2.24) is 0 Å². The molecule has 0 radical (unpaired) electrons. The van der Waals surface area contributed by atoms with Gasteiger partial charge in [-0.25, -0.2) is 0 Å². The van der Waals surface area contributed by atoms with Gasteiger partial charge in [-0.05, 0) is 18.0 Å². The SMILES string of the molecule is C1CCC(C2=NOCO2)CC1. The number of ether oxygens (including phenoxy) is 1. The molecule has 0 saturated heterocycles. The lowest BCUT2D eigenvalue weighted by molar-refractivity contribution is 0.0562. The van der Waals surface area contributed by atoms with Crippen LogP contribution in [0.15, 0.2) is 5.16 Å². The van der Waals surface area contributed by atoms with Crippen LogP contribution in [0.5, 0.6) is 0 Å². The van der Waals surface area contributed by atoms with E-state index in [1.54, 1.807) is 0 Å². The Bertz CT molecular complexity index is 161. The summed E-state index contributed by atoms with van der Waals surface area (Å²) in [6, 6.07) is 0. The quantitative estimate of drug-likeness (QED) is 0.579. The van der Waals surface area contributed by atoms with Crippen molar-refractivity contribution in [2.24, 2.45) is 11.1 Å². The highest BCUT2D eigenvalue weighted by atomic mass is 16.8. The Morgan fingerprint density at radius 1 is 1.18 bits per heavy atom. The van der Waals surface area contributed by atoms with Crippen molar-refractivity contribution in [3.63, 3.8) is 0 Å². The molecular weight excluding hydrogens is 142 g/mol. The monoisotopic (exact) mass is 155 g/mol. The average molecular weight is 155 g/mol. The molecule has 0 aromatic rings. The molecule has 0 bridgehead atoms. The fourth-order valence-electron chi connectivity index (χ4n) is 1.74. The molecule has 11 heavy (non-hydrogen) atoms. The molecule has 0 aromatic carbocycles. The zero-order valence-electron chi connectivity index (χ0n) is 6.58. The van der Waals surface area contributed by atoms with Crippen LogP contribution in [-0.4, -0.2) is 12.7 Å². The van der Waals surface area contributed by atoms with E-state index in [-0.39, 0.29) is 0 Å². The highest BCUT2D eigenvalue weighted by Gasteiger charge is 2.23. The van der Waals surface area contributed by atoms with E-state index < -0.39 is 0 Å². The summed E-state index contributed by atoms with van der Waals surface area (Å²) in [5.74, 6) is 1.39. The minimum atomic E-state index is 0.325. The van der Waals surface area contributed by atoms with E-state index in [2.05, 4.69) is 5.16 Å². The van der Waals surface area contributed by atoms with Crippen LogP contribution in [0.1, 0.15) is 32.1 Å². The van der Waals surface area contributed by atoms with E-state index in [1.807, 2.05) is 0 Å². The Balaban J connectivity index is 1.92. The van der Waals surface area contributed by atoms with Crippen LogP contribution >= 0.6 is 0 Å². The van der Waals surface area contributed by atoms with Crippen LogP contribution in [0.25, 0.3) is 0 Å². The first-order valence-electron chi connectivity index (χ1n) is 4.29. The molecule has 0 atom stereocenters. The van der Waals surface area contributed by atoms with Crippen molar-refractivity contribution in [3.8, 4) is 0 Å². The van der Waals surface area contributed by atoms with Gasteiger partial charge in [0.05, 0.1) is 0 Å². The van der Waals surface area contributed by atoms with Crippen molar-refractivity contribution in [2.75, 3.05) is 6.79 Å². The normalized spacial score (nSPS) is 25.6. The molecule has 1 heterocycles. The average Bonchev–Trinajstić information content (AvgIpc) is 2.58. The summed E-state index contributed by atoms with van der Waals surface area (Å²) in [6.45, 7) is 0.325. The standard InChI is InChI=1S/C8H13NO2/c1-2-4-7(5-3-1)8-9-11-6-10-8/h7H,1-6H2. The second-order valence-corrected chi connectivity index (χ2v) is 3.16. The lowest BCUT2D eigenvalue weighted by Crippen LogP contribution is -2.17. The number of oxime groups is 1. The molecule has 1 fully saturated rings. The minimum Gasteiger partial charge on any atom is -0.439 e. The van der Waals surface area contributed by atoms with Crippen molar-refractivity contribution in [2.45, 2.75) is 32.1 Å². The molecule has 1 aliphatic heterocycles. The predicted molar refractivity (Wildman–Crippen MR) is 41.0 cm³/mol. The zero-order chi connectivity index (χ0) is 7.52. The first kappa shape index (κ1) is 6.95. The second kappa shape index (κ2) is 3.11. The van der Waals surface area contributed by atoms with E-state index in [9.17, 15) is 0 Å². The summed E-state index contributed by atoms with van der Waals surface area (Å²) in [7, 11) is 0. The van der Waals surface area contributed by atoms with Gasteiger partial charge in [0, 0.05) is 5.92 Å². The maximum Gasteiger partial charge on any atom is 0.257 e. The molecule has 2 rings (SSSR count). The van der Waals surface area contributed by atoms with Crippen LogP contribution < -0.4 is 0 Å². The summed E-state index contributed by atoms with van der Waals surface area (Å²) in [4.78, 5) is 4.78. The number of nitrogens with zero attached hydrogens (tertiary/aromatic N) is 1. The molecule has 1 aliphatic carbocycles. The van der Waals surface area contributed by atoms with Gasteiger partial charge in [-0.1, -0.05) is 19.3 Å². The van der Waals surface area contributed by atoms with Gasteiger partial charge >= 0.3 is 0 Å². The predicted octanol–water partition coefficient (Wildman–Crippen LogP) is 1.88. The molecule has 0 N–H and O–H groups in total. The molecule has 0 unspecified atom stereocenters. The third-order valence-corrected chi connectivity index (χ3v) is 2.37. The Morgan fingerprint density at radius 2 is 2.00 bits per heavy atom. The first-order valence-corrected chi connectivity index (χ1v) is 4.29. The number of hydrogen-bond acceptors (Lipinski definition) is 3. The van der Waals surface area contributed by atoms with Crippen LogP contribution in [-0.2, 0) is 9.57 Å². The number of hydrogen-bond donors (Lipinski definition) is 0. The molecule has 2 aliphatic rings. The van der Waals surface area contributed by atoms with E-state index in [4.69, 9.17) is 9.57 Å². The van der Waals surface area contributed by atoms with Crippen LogP contribution in [0, 0.1) is 5.92 Å². The fraction of sp³-hybridized carbons (Fsp3) is 0.875. The van der Waals surface area contributed by atoms with Crippen LogP contribution in [0.2, 0.25) is 0 Å². The highest BCUT2D eigenvalue weighted by Crippen LogP contribution is 2.26. The van der Waals surface area contributed by atoms with Crippen molar-refractivity contribution in [3.05, 3.63) is 0 Å². The van der Waals surface area contributed by atoms with Crippen molar-refractivity contribution < 1.29 is 9.57 Å². The van der Waals surface area contributed by atoms with Gasteiger partial charge < -0.3 is 9.57 Å². The molecule has 1 saturated carbocycles. The Kier molecular flexibility index (Phi) is 1.97. The Labute approximate surface area is 66.4 Å². The Morgan fingerprint density at radius 3 is 2.64 bits per heavy atom. The largest absolute Gasteiger partial charge is 0.439 e. The summed E-state index contributed by atoms with van der Waals surface area (Å²) >= 11 is 0. The first-order chi connectivity index (χ1) is 5.47. The van der Waals surface area contributed by atoms with Crippen molar-refractivity contribution >= 4 is 5.90 Å². The fourth-order valence-corrected chi connectivity index (χ4v) is 1.74. The maximum atomic E-state index is 5.22. The second-order valence-electron chi connectivity index (χ2n) is 3.16. The summed E-state index contributed by atoms with van der Waals surface area (Å²) in [5.41, 5.74) is 0. The van der Waals surface area contributed by atoms with E-state index in [1.165, 1.54) is 32.1 Å².